The lowest BCUT2D eigenvalue weighted by Gasteiger charge is -2.20. The molecule has 1 heterocycles. The maximum absolute atomic E-state index is 13.7. The van der Waals surface area contributed by atoms with Gasteiger partial charge in [-0.05, 0) is 30.2 Å². The van der Waals surface area contributed by atoms with Gasteiger partial charge >= 0.3 is 5.97 Å². The molecule has 3 N–H and O–H groups in total. The van der Waals surface area contributed by atoms with Gasteiger partial charge in [-0.3, -0.25) is 4.79 Å². The van der Waals surface area contributed by atoms with Crippen LogP contribution >= 0.6 is 0 Å². The Morgan fingerprint density at radius 3 is 2.42 bits per heavy atom. The first kappa shape index (κ1) is 19.6. The lowest BCUT2D eigenvalue weighted by atomic mass is 9.97. The van der Waals surface area contributed by atoms with Gasteiger partial charge in [0.15, 0.2) is 0 Å². The lowest BCUT2D eigenvalue weighted by molar-refractivity contribution is -0.139. The molecule has 2 atom stereocenters. The average Bonchev–Trinajstić information content (AvgIpc) is 2.80. The van der Waals surface area contributed by atoms with Crippen LogP contribution in [0, 0.1) is 5.82 Å². The highest BCUT2D eigenvalue weighted by Crippen LogP contribution is 2.31. The molecule has 0 spiro atoms. The number of carbonyl (C=O) groups is 1. The molecule has 2 aromatic rings. The number of anilines is 1. The van der Waals surface area contributed by atoms with Crippen molar-refractivity contribution < 1.29 is 39.8 Å². The van der Waals surface area contributed by atoms with E-state index in [2.05, 4.69) is 9.97 Å². The van der Waals surface area contributed by atoms with E-state index in [-0.39, 0.29) is 28.5 Å². The van der Waals surface area contributed by atoms with E-state index in [1.807, 2.05) is 0 Å². The van der Waals surface area contributed by atoms with Crippen molar-refractivity contribution >= 4 is 28.0 Å². The van der Waals surface area contributed by atoms with E-state index in [1.165, 1.54) is 19.2 Å². The van der Waals surface area contributed by atoms with Gasteiger partial charge in [0.25, 0.3) is 0 Å². The summed E-state index contributed by atoms with van der Waals surface area (Å²) in [5, 5.41) is 29.6. The molecule has 0 aliphatic carbocycles. The molecule has 0 aliphatic heterocycles. The van der Waals surface area contributed by atoms with Crippen LogP contribution in [-0.2, 0) is 14.8 Å². The molecule has 0 unspecified atom stereocenters. The van der Waals surface area contributed by atoms with Crippen LogP contribution < -0.4 is 4.31 Å². The van der Waals surface area contributed by atoms with E-state index in [1.54, 1.807) is 13.8 Å². The zero-order chi connectivity index (χ0) is 29.4. The first-order chi connectivity index (χ1) is 17.2. The fraction of sp³-hybridized carbons (Fsp3) is 0.409. The number of nitrogens with zero attached hydrogens (tertiary/aromatic N) is 3. The van der Waals surface area contributed by atoms with Gasteiger partial charge in [0, 0.05) is 27.3 Å². The SMILES string of the molecule is [2H]/C(=C(/[2H])[C@@]([2H])(O)C([2H])([2H])[C@@H](O)CC(=O)O)c1c(-c2ccc(F)cc2)nc(N(C)S(C)(=O)=O)nc1C(C)C. The summed E-state index contributed by atoms with van der Waals surface area (Å²) in [6, 6.07) is 2.33. The fourth-order valence-corrected chi connectivity index (χ4v) is 3.02. The monoisotopic (exact) mass is 486 g/mol. The first-order valence-electron chi connectivity index (χ1n) is 12.2. The highest BCUT2D eigenvalue weighted by atomic mass is 32.2. The zero-order valence-corrected chi connectivity index (χ0v) is 19.2. The van der Waals surface area contributed by atoms with Crippen molar-refractivity contribution in [3.63, 3.8) is 0 Å². The minimum Gasteiger partial charge on any atom is -0.481 e. The number of carboxylic acids is 1. The summed E-state index contributed by atoms with van der Waals surface area (Å²) in [6.07, 6.45) is -9.74. The third kappa shape index (κ3) is 7.31. The average molecular weight is 487 g/mol. The van der Waals surface area contributed by atoms with Crippen molar-refractivity contribution in [2.75, 3.05) is 17.6 Å². The summed E-state index contributed by atoms with van der Waals surface area (Å²) in [7, 11) is -2.68. The number of halogens is 1. The molecule has 180 valence electrons. The molecule has 0 aliphatic rings. The molecule has 0 fully saturated rings. The summed E-state index contributed by atoms with van der Waals surface area (Å²) in [6.45, 7) is 3.23. The third-order valence-corrected chi connectivity index (χ3v) is 5.50. The van der Waals surface area contributed by atoms with Crippen LogP contribution in [0.15, 0.2) is 30.3 Å². The third-order valence-electron chi connectivity index (χ3n) is 4.35. The Bertz CT molecular complexity index is 1350. The molecule has 0 radical (unpaired) electrons. The number of hydrogen-bond donors (Lipinski definition) is 3. The number of carboxylic acid groups (broad SMARTS) is 1. The highest BCUT2D eigenvalue weighted by molar-refractivity contribution is 7.92. The fourth-order valence-electron chi connectivity index (χ4n) is 2.64. The smallest absolute Gasteiger partial charge is 0.305 e. The first-order valence-corrected chi connectivity index (χ1v) is 11.5. The van der Waals surface area contributed by atoms with E-state index in [4.69, 9.17) is 12.0 Å². The van der Waals surface area contributed by atoms with E-state index in [0.717, 1.165) is 22.7 Å². The Hall–Kier alpha value is -2.89. The molecule has 0 amide bonds. The number of aliphatic hydroxyl groups is 2. The van der Waals surface area contributed by atoms with Crippen LogP contribution in [0.1, 0.15) is 50.7 Å². The molecular formula is C22H28FN3O6S. The molecule has 2 rings (SSSR count). The van der Waals surface area contributed by atoms with Gasteiger partial charge < -0.3 is 15.3 Å². The van der Waals surface area contributed by atoms with Gasteiger partial charge in [0.05, 0.1) is 40.4 Å². The van der Waals surface area contributed by atoms with Crippen molar-refractivity contribution in [2.24, 2.45) is 0 Å². The van der Waals surface area contributed by atoms with Crippen LogP contribution in [0.25, 0.3) is 17.3 Å². The summed E-state index contributed by atoms with van der Waals surface area (Å²) >= 11 is 0. The van der Waals surface area contributed by atoms with Gasteiger partial charge in [-0.2, -0.15) is 0 Å². The number of rotatable bonds is 10. The Kier molecular flexibility index (Phi) is 6.42. The van der Waals surface area contributed by atoms with Crippen LogP contribution in [0.4, 0.5) is 10.3 Å². The minimum atomic E-state index is -3.86. The molecule has 9 nitrogen and oxygen atoms in total. The molecule has 33 heavy (non-hydrogen) atoms. The lowest BCUT2D eigenvalue weighted by Crippen LogP contribution is -2.27. The molecule has 0 saturated heterocycles. The number of sulfonamides is 1. The molecule has 11 heteroatoms. The zero-order valence-electron chi connectivity index (χ0n) is 23.4. The summed E-state index contributed by atoms with van der Waals surface area (Å²) in [5.74, 6) is -3.14. The number of aromatic nitrogens is 2. The second kappa shape index (κ2) is 10.8. The van der Waals surface area contributed by atoms with Crippen LogP contribution in [0.3, 0.4) is 0 Å². The second-order valence-corrected chi connectivity index (χ2v) is 9.39. The highest BCUT2D eigenvalue weighted by Gasteiger charge is 2.22. The van der Waals surface area contributed by atoms with E-state index >= 15 is 0 Å². The van der Waals surface area contributed by atoms with Crippen molar-refractivity contribution in [3.8, 4) is 11.3 Å². The van der Waals surface area contributed by atoms with Gasteiger partial charge in [-0.25, -0.2) is 27.1 Å². The van der Waals surface area contributed by atoms with Crippen LogP contribution in [0.5, 0.6) is 0 Å². The number of aliphatic carboxylic acids is 1. The number of aliphatic hydroxyl groups excluding tert-OH is 1. The molecule has 0 bridgehead atoms. The topological polar surface area (TPSA) is 141 Å². The van der Waals surface area contributed by atoms with Gasteiger partial charge in [0.1, 0.15) is 5.82 Å². The second-order valence-electron chi connectivity index (χ2n) is 7.38. The van der Waals surface area contributed by atoms with Gasteiger partial charge in [0.2, 0.25) is 16.0 Å². The Balaban J connectivity index is 2.96. The Morgan fingerprint density at radius 2 is 1.91 bits per heavy atom. The molecule has 1 aromatic heterocycles. The summed E-state index contributed by atoms with van der Waals surface area (Å²) < 4.78 is 79.9. The van der Waals surface area contributed by atoms with Crippen molar-refractivity contribution in [3.05, 3.63) is 47.4 Å². The van der Waals surface area contributed by atoms with E-state index in [9.17, 15) is 27.8 Å². The van der Waals surface area contributed by atoms with Gasteiger partial charge in [-0.1, -0.05) is 26.0 Å². The number of hydrogen-bond acceptors (Lipinski definition) is 7. The predicted molar refractivity (Wildman–Crippen MR) is 123 cm³/mol. The van der Waals surface area contributed by atoms with Crippen molar-refractivity contribution in [2.45, 2.75) is 44.7 Å². The summed E-state index contributed by atoms with van der Waals surface area (Å²) in [4.78, 5) is 19.4. The molecule has 1 aromatic carbocycles. The molecular weight excluding hydrogens is 453 g/mol. The van der Waals surface area contributed by atoms with Crippen LogP contribution in [0.2, 0.25) is 0 Å². The quantitative estimate of drug-likeness (QED) is 0.465. The largest absolute Gasteiger partial charge is 0.481 e. The Labute approximate surface area is 199 Å². The normalized spacial score (nSPS) is 18.1. The standard InChI is InChI=1S/C22H28FN3O6S/c1-13(2)20-18(10-9-16(27)11-17(28)12-19(29)30)21(14-5-7-15(23)8-6-14)25-22(24-20)26(3)33(4,31)32/h5-10,13,16-17,27-28H,11-12H2,1-4H3,(H,29,30)/b10-9+/t16-,17-/m1/s1/i9D,10D,11D2,16D. The summed E-state index contributed by atoms with van der Waals surface area (Å²) in [5.41, 5.74) is -0.321. The van der Waals surface area contributed by atoms with Crippen molar-refractivity contribution in [1.82, 2.24) is 9.97 Å². The van der Waals surface area contributed by atoms with Gasteiger partial charge in [-0.15, -0.1) is 0 Å². The number of benzene rings is 1. The predicted octanol–water partition coefficient (Wildman–Crippen LogP) is 2.40. The minimum absolute atomic E-state index is 0.0120. The maximum atomic E-state index is 13.7. The Morgan fingerprint density at radius 1 is 1.30 bits per heavy atom. The maximum Gasteiger partial charge on any atom is 0.305 e. The van der Waals surface area contributed by atoms with Crippen molar-refractivity contribution in [1.29, 1.82) is 0 Å². The molecule has 0 saturated carbocycles. The van der Waals surface area contributed by atoms with Crippen LogP contribution in [-0.4, -0.2) is 65.2 Å². The van der Waals surface area contributed by atoms with E-state index in [0.29, 0.717) is 0 Å². The van der Waals surface area contributed by atoms with E-state index < -0.39 is 64.8 Å².